The van der Waals surface area contributed by atoms with Gasteiger partial charge in [-0.25, -0.2) is 9.97 Å². The van der Waals surface area contributed by atoms with Crippen molar-refractivity contribution < 1.29 is 9.21 Å². The molecule has 0 fully saturated rings. The third-order valence-corrected chi connectivity index (χ3v) is 5.27. The molecule has 29 heavy (non-hydrogen) atoms. The van der Waals surface area contributed by atoms with E-state index in [4.69, 9.17) is 4.42 Å². The minimum Gasteiger partial charge on any atom is -0.421 e. The van der Waals surface area contributed by atoms with Crippen molar-refractivity contribution in [1.82, 2.24) is 29.9 Å². The first kappa shape index (κ1) is 17.5. The van der Waals surface area contributed by atoms with Crippen molar-refractivity contribution in [3.63, 3.8) is 0 Å². The number of imidazole rings is 1. The van der Waals surface area contributed by atoms with Gasteiger partial charge in [0.05, 0.1) is 12.2 Å². The molecule has 0 spiro atoms. The molecular formula is C21H20N6O2. The van der Waals surface area contributed by atoms with E-state index in [1.807, 2.05) is 32.2 Å². The number of aromatic nitrogens is 5. The lowest BCUT2D eigenvalue weighted by Crippen LogP contribution is -2.28. The molecule has 8 heteroatoms. The molecule has 1 aliphatic rings. The minimum absolute atomic E-state index is 0.0382. The molecule has 146 valence electrons. The fourth-order valence-electron chi connectivity index (χ4n) is 3.78. The van der Waals surface area contributed by atoms with Crippen molar-refractivity contribution in [2.24, 2.45) is 0 Å². The van der Waals surface area contributed by atoms with Crippen molar-refractivity contribution in [2.45, 2.75) is 39.2 Å². The Balaban J connectivity index is 1.39. The molecular weight excluding hydrogens is 368 g/mol. The number of amides is 1. The van der Waals surface area contributed by atoms with Crippen LogP contribution in [0.4, 0.5) is 0 Å². The van der Waals surface area contributed by atoms with Gasteiger partial charge in [-0.15, -0.1) is 10.2 Å². The van der Waals surface area contributed by atoms with Crippen LogP contribution in [0.15, 0.2) is 41.2 Å². The van der Waals surface area contributed by atoms with E-state index in [0.29, 0.717) is 29.7 Å². The topological polar surface area (TPSA) is 98.2 Å². The van der Waals surface area contributed by atoms with Crippen LogP contribution in [-0.4, -0.2) is 30.5 Å². The second-order valence-electron chi connectivity index (χ2n) is 7.28. The number of aryl methyl sites for hydroxylation is 3. The van der Waals surface area contributed by atoms with E-state index >= 15 is 0 Å². The van der Waals surface area contributed by atoms with E-state index < -0.39 is 0 Å². The Bertz CT molecular complexity index is 1230. The molecule has 8 nitrogen and oxygen atoms in total. The number of nitrogens with zero attached hydrogens (tertiary/aromatic N) is 5. The number of carbonyl (C=O) groups excluding carboxylic acids is 1. The average molecular weight is 388 g/mol. The van der Waals surface area contributed by atoms with Crippen LogP contribution in [0.2, 0.25) is 0 Å². The average Bonchev–Trinajstić information content (AvgIpc) is 3.45. The predicted octanol–water partition coefficient (Wildman–Crippen LogP) is 3.07. The predicted molar refractivity (Wildman–Crippen MR) is 105 cm³/mol. The van der Waals surface area contributed by atoms with E-state index in [9.17, 15) is 4.79 Å². The Hall–Kier alpha value is -3.55. The number of hydrogen-bond donors (Lipinski definition) is 1. The standard InChI is InChI=1S/C21H20N6O2/c1-3-18-25-26-20(29-18)14-4-6-15-13(8-14)5-7-16(15)24-19(28)17-10-23-21-22-9-12(2)11-27(17)21/h4,6,8-11,16H,3,5,7H2,1-2H3,(H,24,28). The van der Waals surface area contributed by atoms with Crippen LogP contribution < -0.4 is 5.32 Å². The van der Waals surface area contributed by atoms with Crippen molar-refractivity contribution in [3.8, 4) is 11.5 Å². The zero-order chi connectivity index (χ0) is 20.0. The van der Waals surface area contributed by atoms with Crippen molar-refractivity contribution in [2.75, 3.05) is 0 Å². The van der Waals surface area contributed by atoms with E-state index in [0.717, 1.165) is 29.5 Å². The number of benzene rings is 1. The van der Waals surface area contributed by atoms with Crippen LogP contribution in [0.5, 0.6) is 0 Å². The van der Waals surface area contributed by atoms with Crippen LogP contribution in [-0.2, 0) is 12.8 Å². The molecule has 1 N–H and O–H groups in total. The molecule has 1 unspecified atom stereocenters. The first-order chi connectivity index (χ1) is 14.1. The zero-order valence-corrected chi connectivity index (χ0v) is 16.2. The van der Waals surface area contributed by atoms with Crippen LogP contribution in [0, 0.1) is 6.92 Å². The van der Waals surface area contributed by atoms with E-state index in [1.54, 1.807) is 16.8 Å². The second-order valence-corrected chi connectivity index (χ2v) is 7.28. The lowest BCUT2D eigenvalue weighted by atomic mass is 10.0. The third kappa shape index (κ3) is 3.06. The Morgan fingerprint density at radius 1 is 1.28 bits per heavy atom. The molecule has 4 aromatic rings. The van der Waals surface area contributed by atoms with Gasteiger partial charge in [0.2, 0.25) is 17.6 Å². The maximum Gasteiger partial charge on any atom is 0.270 e. The van der Waals surface area contributed by atoms with Crippen LogP contribution in [0.3, 0.4) is 0 Å². The summed E-state index contributed by atoms with van der Waals surface area (Å²) in [7, 11) is 0. The summed E-state index contributed by atoms with van der Waals surface area (Å²) in [6, 6.07) is 6.05. The molecule has 0 saturated carbocycles. The molecule has 0 radical (unpaired) electrons. The quantitative estimate of drug-likeness (QED) is 0.577. The van der Waals surface area contributed by atoms with Gasteiger partial charge < -0.3 is 9.73 Å². The number of nitrogens with one attached hydrogen (secondary N) is 1. The summed E-state index contributed by atoms with van der Waals surface area (Å²) < 4.78 is 7.39. The van der Waals surface area contributed by atoms with Gasteiger partial charge in [0.1, 0.15) is 5.69 Å². The van der Waals surface area contributed by atoms with Crippen molar-refractivity contribution in [3.05, 3.63) is 65.1 Å². The van der Waals surface area contributed by atoms with Crippen LogP contribution in [0.25, 0.3) is 17.2 Å². The summed E-state index contributed by atoms with van der Waals surface area (Å²) in [6.45, 7) is 3.92. The van der Waals surface area contributed by atoms with E-state index in [-0.39, 0.29) is 11.9 Å². The fraction of sp³-hybridized carbons (Fsp3) is 0.286. The monoisotopic (exact) mass is 388 g/mol. The minimum atomic E-state index is -0.156. The van der Waals surface area contributed by atoms with Gasteiger partial charge >= 0.3 is 0 Å². The van der Waals surface area contributed by atoms with E-state index in [2.05, 4.69) is 31.5 Å². The molecule has 1 aliphatic carbocycles. The van der Waals surface area contributed by atoms with Crippen molar-refractivity contribution >= 4 is 11.7 Å². The first-order valence-corrected chi connectivity index (χ1v) is 9.68. The molecule has 0 bridgehead atoms. The smallest absolute Gasteiger partial charge is 0.270 e. The molecule has 5 rings (SSSR count). The highest BCUT2D eigenvalue weighted by molar-refractivity contribution is 5.93. The van der Waals surface area contributed by atoms with Gasteiger partial charge in [-0.3, -0.25) is 9.20 Å². The number of hydrogen-bond acceptors (Lipinski definition) is 6. The number of rotatable bonds is 4. The SMILES string of the molecule is CCc1nnc(-c2ccc3c(c2)CCC3NC(=O)c2cnc3ncc(C)cn23)o1. The highest BCUT2D eigenvalue weighted by atomic mass is 16.4. The highest BCUT2D eigenvalue weighted by Crippen LogP contribution is 2.34. The molecule has 3 heterocycles. The summed E-state index contributed by atoms with van der Waals surface area (Å²) in [5, 5.41) is 11.3. The summed E-state index contributed by atoms with van der Waals surface area (Å²) in [4.78, 5) is 21.4. The normalized spacial score (nSPS) is 15.6. The second kappa shape index (κ2) is 6.80. The molecule has 1 aromatic carbocycles. The Kier molecular flexibility index (Phi) is 4.12. The van der Waals surface area contributed by atoms with Crippen molar-refractivity contribution in [1.29, 1.82) is 0 Å². The molecule has 0 saturated heterocycles. The third-order valence-electron chi connectivity index (χ3n) is 5.27. The van der Waals surface area contributed by atoms with Gasteiger partial charge in [-0.05, 0) is 48.6 Å². The molecule has 1 amide bonds. The van der Waals surface area contributed by atoms with Gasteiger partial charge in [-0.2, -0.15) is 0 Å². The Morgan fingerprint density at radius 3 is 2.97 bits per heavy atom. The fourth-order valence-corrected chi connectivity index (χ4v) is 3.78. The summed E-state index contributed by atoms with van der Waals surface area (Å²) >= 11 is 0. The maximum absolute atomic E-state index is 12.9. The summed E-state index contributed by atoms with van der Waals surface area (Å²) in [5.41, 5.74) is 4.68. The lowest BCUT2D eigenvalue weighted by molar-refractivity contribution is 0.0930. The largest absolute Gasteiger partial charge is 0.421 e. The number of fused-ring (bicyclic) bond motifs is 2. The van der Waals surface area contributed by atoms with E-state index in [1.165, 1.54) is 5.56 Å². The Morgan fingerprint density at radius 2 is 2.14 bits per heavy atom. The molecule has 3 aromatic heterocycles. The van der Waals surface area contributed by atoms with Gasteiger partial charge in [0, 0.05) is 24.4 Å². The lowest BCUT2D eigenvalue weighted by Gasteiger charge is -2.14. The van der Waals surface area contributed by atoms with Crippen LogP contribution >= 0.6 is 0 Å². The van der Waals surface area contributed by atoms with Gasteiger partial charge in [0.15, 0.2) is 0 Å². The summed E-state index contributed by atoms with van der Waals surface area (Å²) in [6.07, 6.45) is 7.62. The zero-order valence-electron chi connectivity index (χ0n) is 16.2. The van der Waals surface area contributed by atoms with Gasteiger partial charge in [0.25, 0.3) is 5.91 Å². The number of carbonyl (C=O) groups is 1. The Labute approximate surface area is 167 Å². The summed E-state index contributed by atoms with van der Waals surface area (Å²) in [5.74, 6) is 1.52. The van der Waals surface area contributed by atoms with Gasteiger partial charge in [-0.1, -0.05) is 13.0 Å². The maximum atomic E-state index is 12.9. The first-order valence-electron chi connectivity index (χ1n) is 9.68. The highest BCUT2D eigenvalue weighted by Gasteiger charge is 2.26. The molecule has 0 aliphatic heterocycles. The molecule has 1 atom stereocenters. The van der Waals surface area contributed by atoms with Crippen LogP contribution in [0.1, 0.15) is 52.5 Å².